The van der Waals surface area contributed by atoms with Crippen molar-refractivity contribution in [2.75, 3.05) is 7.05 Å². The lowest BCUT2D eigenvalue weighted by Gasteiger charge is -2.10. The summed E-state index contributed by atoms with van der Waals surface area (Å²) < 4.78 is 5.13. The van der Waals surface area contributed by atoms with Crippen LogP contribution >= 0.6 is 0 Å². The van der Waals surface area contributed by atoms with Crippen LogP contribution in [0.4, 0.5) is 0 Å². The predicted molar refractivity (Wildman–Crippen MR) is 57.6 cm³/mol. The van der Waals surface area contributed by atoms with Crippen LogP contribution in [0.15, 0.2) is 24.3 Å². The molecule has 0 saturated heterocycles. The second kappa shape index (κ2) is 5.16. The van der Waals surface area contributed by atoms with Crippen molar-refractivity contribution in [2.45, 2.75) is 13.0 Å². The molecule has 0 aliphatic carbocycles. The fourth-order valence-corrected chi connectivity index (χ4v) is 1.11. The molecule has 86 valence electrons. The molecule has 0 spiro atoms. The number of hydrogen-bond acceptors (Lipinski definition) is 3. The van der Waals surface area contributed by atoms with Gasteiger partial charge in [-0.25, -0.2) is 4.79 Å². The van der Waals surface area contributed by atoms with Crippen molar-refractivity contribution in [3.8, 4) is 5.75 Å². The number of ether oxygens (including phenoxy) is 1. The van der Waals surface area contributed by atoms with Crippen LogP contribution < -0.4 is 10.1 Å². The Morgan fingerprint density at radius 3 is 2.69 bits per heavy atom. The molecule has 0 aliphatic rings. The van der Waals surface area contributed by atoms with Gasteiger partial charge in [-0.1, -0.05) is 6.07 Å². The summed E-state index contributed by atoms with van der Waals surface area (Å²) in [6.45, 7) is 1.43. The smallest absolute Gasteiger partial charge is 0.344 e. The summed E-state index contributed by atoms with van der Waals surface area (Å²) in [6, 6.07) is 6.36. The van der Waals surface area contributed by atoms with E-state index in [2.05, 4.69) is 5.32 Å². The number of nitrogens with one attached hydrogen (secondary N) is 1. The SMILES string of the molecule is CNC(=O)c1cccc(OC(C)C(=O)O)c1. The van der Waals surface area contributed by atoms with Gasteiger partial charge in [0.2, 0.25) is 0 Å². The first kappa shape index (κ1) is 12.0. The van der Waals surface area contributed by atoms with Gasteiger partial charge in [0.25, 0.3) is 5.91 Å². The van der Waals surface area contributed by atoms with E-state index in [4.69, 9.17) is 9.84 Å². The average molecular weight is 223 g/mol. The van der Waals surface area contributed by atoms with Crippen LogP contribution in [0, 0.1) is 0 Å². The number of hydrogen-bond donors (Lipinski definition) is 2. The molecule has 2 N–H and O–H groups in total. The predicted octanol–water partition coefficient (Wildman–Crippen LogP) is 0.898. The average Bonchev–Trinajstić information content (AvgIpc) is 2.28. The summed E-state index contributed by atoms with van der Waals surface area (Å²) in [4.78, 5) is 21.9. The van der Waals surface area contributed by atoms with Crippen LogP contribution in [0.3, 0.4) is 0 Å². The Labute approximate surface area is 93.0 Å². The van der Waals surface area contributed by atoms with Gasteiger partial charge in [-0.15, -0.1) is 0 Å². The summed E-state index contributed by atoms with van der Waals surface area (Å²) in [5, 5.41) is 11.1. The third kappa shape index (κ3) is 2.98. The number of rotatable bonds is 4. The standard InChI is InChI=1S/C11H13NO4/c1-7(11(14)15)16-9-5-3-4-8(6-9)10(13)12-2/h3-7H,1-2H3,(H,12,13)(H,14,15). The molecule has 1 aromatic carbocycles. The number of carbonyl (C=O) groups is 2. The lowest BCUT2D eigenvalue weighted by molar-refractivity contribution is -0.144. The van der Waals surface area contributed by atoms with E-state index in [0.29, 0.717) is 11.3 Å². The van der Waals surface area contributed by atoms with Crippen molar-refractivity contribution in [1.29, 1.82) is 0 Å². The van der Waals surface area contributed by atoms with E-state index >= 15 is 0 Å². The van der Waals surface area contributed by atoms with Gasteiger partial charge in [0.15, 0.2) is 6.10 Å². The van der Waals surface area contributed by atoms with E-state index in [1.165, 1.54) is 20.0 Å². The van der Waals surface area contributed by atoms with E-state index < -0.39 is 12.1 Å². The maximum atomic E-state index is 11.3. The number of carboxylic acid groups (broad SMARTS) is 1. The van der Waals surface area contributed by atoms with Gasteiger partial charge in [0.1, 0.15) is 5.75 Å². The van der Waals surface area contributed by atoms with E-state index in [1.807, 2.05) is 0 Å². The first-order chi connectivity index (χ1) is 7.54. The Kier molecular flexibility index (Phi) is 3.88. The molecule has 5 heteroatoms. The van der Waals surface area contributed by atoms with Gasteiger partial charge in [0.05, 0.1) is 0 Å². The van der Waals surface area contributed by atoms with Crippen LogP contribution in [0.2, 0.25) is 0 Å². The Bertz CT molecular complexity index is 403. The monoisotopic (exact) mass is 223 g/mol. The summed E-state index contributed by atoms with van der Waals surface area (Å²) in [5.74, 6) is -0.935. The van der Waals surface area contributed by atoms with Gasteiger partial charge in [-0.2, -0.15) is 0 Å². The Balaban J connectivity index is 2.82. The molecular weight excluding hydrogens is 210 g/mol. The molecule has 5 nitrogen and oxygen atoms in total. The molecule has 1 amide bonds. The summed E-state index contributed by atoms with van der Waals surface area (Å²) in [7, 11) is 1.52. The third-order valence-corrected chi connectivity index (χ3v) is 1.98. The van der Waals surface area contributed by atoms with Crippen molar-refractivity contribution in [2.24, 2.45) is 0 Å². The largest absolute Gasteiger partial charge is 0.479 e. The minimum absolute atomic E-state index is 0.242. The normalized spacial score (nSPS) is 11.6. The van der Waals surface area contributed by atoms with Crippen molar-refractivity contribution in [3.63, 3.8) is 0 Å². The van der Waals surface area contributed by atoms with Gasteiger partial charge in [-0.3, -0.25) is 4.79 Å². The minimum Gasteiger partial charge on any atom is -0.479 e. The lowest BCUT2D eigenvalue weighted by Crippen LogP contribution is -2.23. The number of amides is 1. The topological polar surface area (TPSA) is 75.6 Å². The van der Waals surface area contributed by atoms with Crippen molar-refractivity contribution < 1.29 is 19.4 Å². The zero-order chi connectivity index (χ0) is 12.1. The summed E-state index contributed by atoms with van der Waals surface area (Å²) >= 11 is 0. The van der Waals surface area contributed by atoms with Crippen LogP contribution in [-0.2, 0) is 4.79 Å². The van der Waals surface area contributed by atoms with Gasteiger partial charge >= 0.3 is 5.97 Å². The molecule has 0 heterocycles. The molecule has 1 atom stereocenters. The molecule has 1 aromatic rings. The second-order valence-corrected chi connectivity index (χ2v) is 3.21. The molecule has 0 aromatic heterocycles. The molecule has 0 fully saturated rings. The zero-order valence-corrected chi connectivity index (χ0v) is 9.06. The van der Waals surface area contributed by atoms with Gasteiger partial charge in [0, 0.05) is 12.6 Å². The maximum Gasteiger partial charge on any atom is 0.344 e. The molecule has 0 radical (unpaired) electrons. The molecule has 0 aliphatic heterocycles. The van der Waals surface area contributed by atoms with Crippen molar-refractivity contribution >= 4 is 11.9 Å². The third-order valence-electron chi connectivity index (χ3n) is 1.98. The van der Waals surface area contributed by atoms with Gasteiger partial charge in [-0.05, 0) is 25.1 Å². The molecule has 0 saturated carbocycles. The number of carboxylic acids is 1. The minimum atomic E-state index is -1.05. The first-order valence-corrected chi connectivity index (χ1v) is 4.76. The van der Waals surface area contributed by atoms with Crippen LogP contribution in [-0.4, -0.2) is 30.1 Å². The van der Waals surface area contributed by atoms with E-state index in [1.54, 1.807) is 18.2 Å². The highest BCUT2D eigenvalue weighted by Crippen LogP contribution is 2.14. The molecule has 0 bridgehead atoms. The van der Waals surface area contributed by atoms with E-state index in [9.17, 15) is 9.59 Å². The molecule has 16 heavy (non-hydrogen) atoms. The fraction of sp³-hybridized carbons (Fsp3) is 0.273. The first-order valence-electron chi connectivity index (χ1n) is 4.76. The highest BCUT2D eigenvalue weighted by Gasteiger charge is 2.13. The zero-order valence-electron chi connectivity index (χ0n) is 9.06. The second-order valence-electron chi connectivity index (χ2n) is 3.21. The maximum absolute atomic E-state index is 11.3. The Hall–Kier alpha value is -2.04. The fourth-order valence-electron chi connectivity index (χ4n) is 1.11. The Morgan fingerprint density at radius 1 is 1.44 bits per heavy atom. The number of carbonyl (C=O) groups excluding carboxylic acids is 1. The van der Waals surface area contributed by atoms with Crippen LogP contribution in [0.1, 0.15) is 17.3 Å². The Morgan fingerprint density at radius 2 is 2.12 bits per heavy atom. The molecular formula is C11H13NO4. The van der Waals surface area contributed by atoms with Crippen LogP contribution in [0.25, 0.3) is 0 Å². The lowest BCUT2D eigenvalue weighted by atomic mass is 10.2. The molecule has 1 rings (SSSR count). The van der Waals surface area contributed by atoms with E-state index in [-0.39, 0.29) is 5.91 Å². The highest BCUT2D eigenvalue weighted by atomic mass is 16.5. The molecule has 1 unspecified atom stereocenters. The number of aliphatic carboxylic acids is 1. The quantitative estimate of drug-likeness (QED) is 0.795. The van der Waals surface area contributed by atoms with Crippen LogP contribution in [0.5, 0.6) is 5.75 Å². The number of benzene rings is 1. The highest BCUT2D eigenvalue weighted by molar-refractivity contribution is 5.94. The van der Waals surface area contributed by atoms with E-state index in [0.717, 1.165) is 0 Å². The van der Waals surface area contributed by atoms with Crippen molar-refractivity contribution in [3.05, 3.63) is 29.8 Å². The summed E-state index contributed by atoms with van der Waals surface area (Å²) in [6.07, 6.45) is -0.945. The summed E-state index contributed by atoms with van der Waals surface area (Å²) in [5.41, 5.74) is 0.428. The van der Waals surface area contributed by atoms with Gasteiger partial charge < -0.3 is 15.2 Å². The van der Waals surface area contributed by atoms with Crippen molar-refractivity contribution in [1.82, 2.24) is 5.32 Å².